The lowest BCUT2D eigenvalue weighted by Crippen LogP contribution is -2.45. The number of carboxylic acids is 1. The number of ether oxygens (including phenoxy) is 2. The standard InChI is InChI=1S/C20H18N2O7/c1-11-13(19(26)22(10-16(23)24)20(27)17(11)21-2)7-5-6-12-8-14(28-3)18(25)15(9-12)29-4/h5-9,25H,10H2,1,3-4H3,(H,23,24)/b6-5+,13-7-. The Kier molecular flexibility index (Phi) is 6.41. The number of phenols is 1. The Morgan fingerprint density at radius 2 is 1.79 bits per heavy atom. The van der Waals surface area contributed by atoms with Gasteiger partial charge in [0, 0.05) is 5.57 Å². The van der Waals surface area contributed by atoms with Gasteiger partial charge in [0.05, 0.1) is 20.8 Å². The average Bonchev–Trinajstić information content (AvgIpc) is 2.69. The van der Waals surface area contributed by atoms with Crippen LogP contribution in [0.4, 0.5) is 0 Å². The number of rotatable bonds is 6. The highest BCUT2D eigenvalue weighted by Gasteiger charge is 2.36. The van der Waals surface area contributed by atoms with Crippen molar-refractivity contribution in [2.75, 3.05) is 20.8 Å². The van der Waals surface area contributed by atoms with E-state index in [2.05, 4.69) is 4.85 Å². The van der Waals surface area contributed by atoms with Crippen LogP contribution in [0, 0.1) is 6.57 Å². The molecule has 0 saturated carbocycles. The number of nitrogens with zero attached hydrogens (tertiary/aromatic N) is 2. The molecule has 0 radical (unpaired) electrons. The highest BCUT2D eigenvalue weighted by Crippen LogP contribution is 2.37. The molecular weight excluding hydrogens is 380 g/mol. The van der Waals surface area contributed by atoms with Crippen molar-refractivity contribution in [2.24, 2.45) is 0 Å². The van der Waals surface area contributed by atoms with Gasteiger partial charge in [0.25, 0.3) is 17.5 Å². The number of phenolic OH excluding ortho intramolecular Hbond substituents is 1. The third-order valence-electron chi connectivity index (χ3n) is 4.14. The van der Waals surface area contributed by atoms with Gasteiger partial charge in [-0.2, -0.15) is 0 Å². The average molecular weight is 398 g/mol. The maximum absolute atomic E-state index is 12.6. The predicted octanol–water partition coefficient (Wildman–Crippen LogP) is 2.00. The summed E-state index contributed by atoms with van der Waals surface area (Å²) in [5, 5.41) is 18.9. The monoisotopic (exact) mass is 398 g/mol. The highest BCUT2D eigenvalue weighted by molar-refractivity contribution is 6.18. The van der Waals surface area contributed by atoms with Crippen molar-refractivity contribution in [2.45, 2.75) is 6.92 Å². The molecule has 1 aromatic carbocycles. The van der Waals surface area contributed by atoms with Crippen molar-refractivity contribution in [3.05, 3.63) is 58.1 Å². The molecule has 9 heteroatoms. The number of aromatic hydroxyl groups is 1. The predicted molar refractivity (Wildman–Crippen MR) is 102 cm³/mol. The zero-order valence-corrected chi connectivity index (χ0v) is 15.9. The van der Waals surface area contributed by atoms with E-state index in [1.807, 2.05) is 0 Å². The van der Waals surface area contributed by atoms with Crippen molar-refractivity contribution in [1.29, 1.82) is 0 Å². The van der Waals surface area contributed by atoms with Crippen LogP contribution in [0.1, 0.15) is 12.5 Å². The van der Waals surface area contributed by atoms with E-state index in [0.717, 1.165) is 0 Å². The summed E-state index contributed by atoms with van der Waals surface area (Å²) in [7, 11) is 2.78. The topological polar surface area (TPSA) is 118 Å². The fraction of sp³-hybridized carbons (Fsp3) is 0.200. The Bertz CT molecular complexity index is 987. The van der Waals surface area contributed by atoms with Gasteiger partial charge in [-0.1, -0.05) is 18.2 Å². The minimum Gasteiger partial charge on any atom is -0.502 e. The van der Waals surface area contributed by atoms with E-state index < -0.39 is 24.3 Å². The van der Waals surface area contributed by atoms with Gasteiger partial charge in [0.15, 0.2) is 11.5 Å². The first-order chi connectivity index (χ1) is 13.7. The second-order valence-electron chi connectivity index (χ2n) is 5.89. The van der Waals surface area contributed by atoms with Crippen LogP contribution in [0.2, 0.25) is 0 Å². The van der Waals surface area contributed by atoms with Crippen LogP contribution < -0.4 is 9.47 Å². The summed E-state index contributed by atoms with van der Waals surface area (Å²) in [5.74, 6) is -2.87. The third-order valence-corrected chi connectivity index (χ3v) is 4.14. The van der Waals surface area contributed by atoms with Crippen LogP contribution in [0.5, 0.6) is 17.2 Å². The zero-order valence-electron chi connectivity index (χ0n) is 15.9. The lowest BCUT2D eigenvalue weighted by Gasteiger charge is -2.26. The maximum Gasteiger partial charge on any atom is 0.323 e. The first kappa shape index (κ1) is 21.2. The molecule has 9 nitrogen and oxygen atoms in total. The molecule has 0 saturated heterocycles. The van der Waals surface area contributed by atoms with Crippen molar-refractivity contribution >= 4 is 23.9 Å². The van der Waals surface area contributed by atoms with Gasteiger partial charge >= 0.3 is 5.97 Å². The largest absolute Gasteiger partial charge is 0.502 e. The van der Waals surface area contributed by atoms with Crippen LogP contribution in [0.25, 0.3) is 10.9 Å². The Balaban J connectivity index is 2.46. The fourth-order valence-electron chi connectivity index (χ4n) is 2.69. The minimum absolute atomic E-state index is 0.0332. The van der Waals surface area contributed by atoms with Crippen molar-refractivity contribution in [3.8, 4) is 17.2 Å². The van der Waals surface area contributed by atoms with Crippen molar-refractivity contribution in [1.82, 2.24) is 4.90 Å². The van der Waals surface area contributed by atoms with Gasteiger partial charge < -0.3 is 19.7 Å². The van der Waals surface area contributed by atoms with Gasteiger partial charge in [-0.15, -0.1) is 0 Å². The number of imide groups is 1. The molecule has 2 rings (SSSR count). The quantitative estimate of drug-likeness (QED) is 0.427. The first-order valence-electron chi connectivity index (χ1n) is 8.25. The second kappa shape index (κ2) is 8.75. The summed E-state index contributed by atoms with van der Waals surface area (Å²) in [5.41, 5.74) is 0.480. The van der Waals surface area contributed by atoms with Crippen LogP contribution in [0.15, 0.2) is 41.1 Å². The normalized spacial score (nSPS) is 15.8. The van der Waals surface area contributed by atoms with Gasteiger partial charge in [-0.05, 0) is 30.2 Å². The Labute approximate surface area is 166 Å². The number of aliphatic carboxylic acids is 1. The molecule has 1 aliphatic rings. The molecule has 0 spiro atoms. The van der Waals surface area contributed by atoms with E-state index >= 15 is 0 Å². The highest BCUT2D eigenvalue weighted by atomic mass is 16.5. The lowest BCUT2D eigenvalue weighted by atomic mass is 9.98. The molecule has 0 unspecified atom stereocenters. The number of amides is 2. The minimum atomic E-state index is -1.37. The smallest absolute Gasteiger partial charge is 0.323 e. The number of methoxy groups -OCH3 is 2. The van der Waals surface area contributed by atoms with E-state index in [1.165, 1.54) is 33.3 Å². The second-order valence-corrected chi connectivity index (χ2v) is 5.89. The zero-order chi connectivity index (χ0) is 21.7. The molecule has 2 N–H and O–H groups in total. The van der Waals surface area contributed by atoms with Crippen molar-refractivity contribution in [3.63, 3.8) is 0 Å². The van der Waals surface area contributed by atoms with E-state index in [-0.39, 0.29) is 34.1 Å². The number of benzene rings is 1. The van der Waals surface area contributed by atoms with E-state index in [0.29, 0.717) is 10.5 Å². The number of carboxylic acid groups (broad SMARTS) is 1. The Morgan fingerprint density at radius 3 is 2.28 bits per heavy atom. The van der Waals surface area contributed by atoms with Gasteiger partial charge in [0.2, 0.25) is 5.75 Å². The summed E-state index contributed by atoms with van der Waals surface area (Å²) in [6.07, 6.45) is 4.47. The van der Waals surface area contributed by atoms with Crippen LogP contribution >= 0.6 is 0 Å². The van der Waals surface area contributed by atoms with Crippen LogP contribution in [0.3, 0.4) is 0 Å². The molecule has 1 aliphatic heterocycles. The molecule has 1 aromatic rings. The molecule has 2 amide bonds. The molecule has 0 aromatic heterocycles. The van der Waals surface area contributed by atoms with Crippen LogP contribution in [-0.4, -0.2) is 53.7 Å². The van der Waals surface area contributed by atoms with Crippen LogP contribution in [-0.2, 0) is 14.4 Å². The third kappa shape index (κ3) is 4.27. The summed E-state index contributed by atoms with van der Waals surface area (Å²) >= 11 is 0. The molecule has 0 atom stereocenters. The van der Waals surface area contributed by atoms with Gasteiger partial charge in [0.1, 0.15) is 6.54 Å². The summed E-state index contributed by atoms with van der Waals surface area (Å²) in [6, 6.07) is 3.09. The summed E-state index contributed by atoms with van der Waals surface area (Å²) in [4.78, 5) is 39.4. The SMILES string of the molecule is [C-]#[N+]C1=C(C)/C(=C/C=C/c2cc(OC)c(O)c(OC)c2)C(=O)N(CC(=O)O)C1=O. The van der Waals surface area contributed by atoms with E-state index in [1.54, 1.807) is 18.2 Å². The number of hydrogen-bond donors (Lipinski definition) is 2. The number of allylic oxidation sites excluding steroid dienone is 2. The molecule has 29 heavy (non-hydrogen) atoms. The van der Waals surface area contributed by atoms with E-state index in [9.17, 15) is 19.5 Å². The lowest BCUT2D eigenvalue weighted by molar-refractivity contribution is -0.149. The number of carbonyl (C=O) groups is 3. The fourth-order valence-corrected chi connectivity index (χ4v) is 2.69. The van der Waals surface area contributed by atoms with Crippen molar-refractivity contribution < 1.29 is 34.1 Å². The Hall–Kier alpha value is -4.06. The summed E-state index contributed by atoms with van der Waals surface area (Å²) in [6.45, 7) is 7.79. The van der Waals surface area contributed by atoms with Gasteiger partial charge in [-0.3, -0.25) is 19.3 Å². The van der Waals surface area contributed by atoms with Gasteiger partial charge in [-0.25, -0.2) is 4.85 Å². The molecule has 0 fully saturated rings. The molecule has 0 bridgehead atoms. The molecule has 150 valence electrons. The summed E-state index contributed by atoms with van der Waals surface area (Å²) < 4.78 is 10.2. The number of hydrogen-bond acceptors (Lipinski definition) is 6. The Morgan fingerprint density at radius 1 is 1.21 bits per heavy atom. The number of carbonyl (C=O) groups excluding carboxylic acids is 2. The first-order valence-corrected chi connectivity index (χ1v) is 8.25. The van der Waals surface area contributed by atoms with E-state index in [4.69, 9.17) is 21.2 Å². The molecular formula is C20H18N2O7. The maximum atomic E-state index is 12.6. The molecule has 1 heterocycles. The molecule has 0 aliphatic carbocycles.